The van der Waals surface area contributed by atoms with Gasteiger partial charge in [-0.15, -0.1) is 0 Å². The maximum atomic E-state index is 14.5. The van der Waals surface area contributed by atoms with Crippen LogP contribution >= 0.6 is 0 Å². The minimum Gasteiger partial charge on any atom is -0.486 e. The van der Waals surface area contributed by atoms with Gasteiger partial charge in [0.25, 0.3) is 0 Å². The molecule has 1 nitrogen and oxygen atoms in total. The van der Waals surface area contributed by atoms with Crippen LogP contribution in [0.5, 0.6) is 5.75 Å². The van der Waals surface area contributed by atoms with Crippen molar-refractivity contribution in [2.24, 2.45) is 5.92 Å². The first-order chi connectivity index (χ1) is 11.6. The molecule has 1 saturated carbocycles. The van der Waals surface area contributed by atoms with Crippen molar-refractivity contribution in [1.29, 1.82) is 0 Å². The number of hydrogen-bond acceptors (Lipinski definition) is 1. The largest absolute Gasteiger partial charge is 0.486 e. The minimum absolute atomic E-state index is 0.0592. The van der Waals surface area contributed by atoms with Gasteiger partial charge in [-0.2, -0.15) is 4.39 Å². The molecule has 3 rings (SSSR count). The number of fused-ring (bicyclic) bond motifs is 1. The molecule has 3 heteroatoms. The Morgan fingerprint density at radius 1 is 1.12 bits per heavy atom. The summed E-state index contributed by atoms with van der Waals surface area (Å²) in [5.41, 5.74) is 1.12. The van der Waals surface area contributed by atoms with Crippen LogP contribution in [0.2, 0.25) is 0 Å². The van der Waals surface area contributed by atoms with Crippen molar-refractivity contribution >= 4 is 10.8 Å². The Labute approximate surface area is 142 Å². The van der Waals surface area contributed by atoms with Gasteiger partial charge in [-0.05, 0) is 60.6 Å². The molecule has 0 bridgehead atoms. The average Bonchev–Trinajstić information content (AvgIpc) is 2.63. The highest BCUT2D eigenvalue weighted by molar-refractivity contribution is 5.85. The van der Waals surface area contributed by atoms with Gasteiger partial charge >= 0.3 is 0 Å². The summed E-state index contributed by atoms with van der Waals surface area (Å²) < 4.78 is 33.9. The number of benzene rings is 2. The molecule has 0 atom stereocenters. The van der Waals surface area contributed by atoms with Crippen LogP contribution in [0, 0.1) is 17.6 Å². The van der Waals surface area contributed by atoms with E-state index in [1.165, 1.54) is 25.3 Å². The molecule has 0 aromatic heterocycles. The highest BCUT2D eigenvalue weighted by Crippen LogP contribution is 2.38. The molecule has 128 valence electrons. The second-order valence-electron chi connectivity index (χ2n) is 6.71. The van der Waals surface area contributed by atoms with Gasteiger partial charge in [0.05, 0.1) is 0 Å². The number of hydrogen-bond donors (Lipinski definition) is 0. The first-order valence-corrected chi connectivity index (χ1v) is 8.79. The fourth-order valence-electron chi connectivity index (χ4n) is 3.73. The molecule has 0 amide bonds. The average molecular weight is 330 g/mol. The topological polar surface area (TPSA) is 9.23 Å². The van der Waals surface area contributed by atoms with Gasteiger partial charge in [0.15, 0.2) is 11.6 Å². The third-order valence-corrected chi connectivity index (χ3v) is 5.26. The monoisotopic (exact) mass is 330 g/mol. The van der Waals surface area contributed by atoms with Gasteiger partial charge in [-0.3, -0.25) is 0 Å². The van der Waals surface area contributed by atoms with E-state index in [1.54, 1.807) is 6.07 Å². The summed E-state index contributed by atoms with van der Waals surface area (Å²) >= 11 is 0. The Balaban J connectivity index is 1.91. The molecule has 1 fully saturated rings. The van der Waals surface area contributed by atoms with Gasteiger partial charge < -0.3 is 4.74 Å². The Morgan fingerprint density at radius 3 is 2.54 bits per heavy atom. The molecule has 0 radical (unpaired) electrons. The quantitative estimate of drug-likeness (QED) is 0.579. The van der Waals surface area contributed by atoms with Crippen LogP contribution < -0.4 is 4.74 Å². The lowest BCUT2D eigenvalue weighted by molar-refractivity contribution is 0.319. The maximum Gasteiger partial charge on any atom is 0.201 e. The first-order valence-electron chi connectivity index (χ1n) is 8.79. The summed E-state index contributed by atoms with van der Waals surface area (Å²) in [6.45, 7) is 5.92. The Bertz CT molecular complexity index is 730. The third kappa shape index (κ3) is 3.31. The standard InChI is InChI=1S/C21H24F2O/c1-3-11-24-19-13-17-10-9-16(12-18(17)20(22)21(19)23)15-7-5-14(4-2)6-8-15/h3,9-10,12-15H,1,4-8,11H2,2H3. The summed E-state index contributed by atoms with van der Waals surface area (Å²) in [5, 5.41) is 1.01. The zero-order chi connectivity index (χ0) is 17.1. The van der Waals surface area contributed by atoms with Crippen LogP contribution in [0.3, 0.4) is 0 Å². The molecule has 1 aliphatic carbocycles. The third-order valence-electron chi connectivity index (χ3n) is 5.26. The van der Waals surface area contributed by atoms with Gasteiger partial charge in [-0.25, -0.2) is 4.39 Å². The minimum atomic E-state index is -0.920. The van der Waals surface area contributed by atoms with E-state index in [9.17, 15) is 8.78 Å². The predicted molar refractivity (Wildman–Crippen MR) is 94.5 cm³/mol. The van der Waals surface area contributed by atoms with Gasteiger partial charge in [0.2, 0.25) is 5.82 Å². The summed E-state index contributed by atoms with van der Waals surface area (Å²) in [7, 11) is 0. The summed E-state index contributed by atoms with van der Waals surface area (Å²) in [4.78, 5) is 0. The van der Waals surface area contributed by atoms with Crippen molar-refractivity contribution in [3.8, 4) is 5.75 Å². The smallest absolute Gasteiger partial charge is 0.201 e. The fourth-order valence-corrected chi connectivity index (χ4v) is 3.73. The molecule has 0 unspecified atom stereocenters. The Hall–Kier alpha value is -1.90. The van der Waals surface area contributed by atoms with Crippen LogP contribution in [0.1, 0.15) is 50.5 Å². The van der Waals surface area contributed by atoms with Crippen molar-refractivity contribution in [3.05, 3.63) is 54.1 Å². The summed E-state index contributed by atoms with van der Waals surface area (Å²) in [5.74, 6) is -0.528. The molecule has 2 aromatic carbocycles. The SMILES string of the molecule is C=CCOc1cc2ccc(C3CCC(CC)CC3)cc2c(F)c1F. The van der Waals surface area contributed by atoms with E-state index >= 15 is 0 Å². The lowest BCUT2D eigenvalue weighted by atomic mass is 9.77. The Kier molecular flexibility index (Phi) is 5.17. The van der Waals surface area contributed by atoms with Gasteiger partial charge in [0, 0.05) is 5.39 Å². The molecule has 24 heavy (non-hydrogen) atoms. The van der Waals surface area contributed by atoms with Crippen molar-refractivity contribution in [2.45, 2.75) is 44.9 Å². The molecule has 0 spiro atoms. The van der Waals surface area contributed by atoms with Gasteiger partial charge in [0.1, 0.15) is 6.61 Å². The molecular weight excluding hydrogens is 306 g/mol. The Morgan fingerprint density at radius 2 is 1.88 bits per heavy atom. The molecule has 0 aliphatic heterocycles. The van der Waals surface area contributed by atoms with E-state index in [1.807, 2.05) is 18.2 Å². The van der Waals surface area contributed by atoms with E-state index in [0.717, 1.165) is 24.3 Å². The molecule has 1 aliphatic rings. The van der Waals surface area contributed by atoms with Crippen molar-refractivity contribution < 1.29 is 13.5 Å². The highest BCUT2D eigenvalue weighted by atomic mass is 19.2. The van der Waals surface area contributed by atoms with Crippen LogP contribution in [-0.4, -0.2) is 6.61 Å². The van der Waals surface area contributed by atoms with E-state index < -0.39 is 11.6 Å². The second kappa shape index (κ2) is 7.33. The van der Waals surface area contributed by atoms with Crippen LogP contribution in [-0.2, 0) is 0 Å². The van der Waals surface area contributed by atoms with E-state index in [2.05, 4.69) is 13.5 Å². The lowest BCUT2D eigenvalue weighted by Gasteiger charge is -2.28. The molecule has 0 N–H and O–H groups in total. The van der Waals surface area contributed by atoms with Gasteiger partial charge in [-0.1, -0.05) is 38.1 Å². The molecular formula is C21H24F2O. The second-order valence-corrected chi connectivity index (χ2v) is 6.71. The number of ether oxygens (including phenoxy) is 1. The first kappa shape index (κ1) is 16.9. The summed E-state index contributed by atoms with van der Waals surface area (Å²) in [6.07, 6.45) is 7.47. The fraction of sp³-hybridized carbons (Fsp3) is 0.429. The van der Waals surface area contributed by atoms with Crippen LogP contribution in [0.15, 0.2) is 36.9 Å². The predicted octanol–water partition coefficient (Wildman–Crippen LogP) is 6.37. The van der Waals surface area contributed by atoms with Crippen molar-refractivity contribution in [2.75, 3.05) is 6.61 Å². The van der Waals surface area contributed by atoms with E-state index in [4.69, 9.17) is 4.74 Å². The van der Waals surface area contributed by atoms with Crippen LogP contribution in [0.4, 0.5) is 8.78 Å². The molecule has 2 aromatic rings. The number of halogens is 2. The van der Waals surface area contributed by atoms with E-state index in [0.29, 0.717) is 16.7 Å². The van der Waals surface area contributed by atoms with E-state index in [-0.39, 0.29) is 12.4 Å². The summed E-state index contributed by atoms with van der Waals surface area (Å²) in [6, 6.07) is 7.31. The highest BCUT2D eigenvalue weighted by Gasteiger charge is 2.22. The molecule has 0 saturated heterocycles. The van der Waals surface area contributed by atoms with Crippen molar-refractivity contribution in [3.63, 3.8) is 0 Å². The zero-order valence-electron chi connectivity index (χ0n) is 14.2. The van der Waals surface area contributed by atoms with Crippen LogP contribution in [0.25, 0.3) is 10.8 Å². The van der Waals surface area contributed by atoms with Crippen molar-refractivity contribution in [1.82, 2.24) is 0 Å². The number of rotatable bonds is 5. The normalized spacial score (nSPS) is 21.0. The zero-order valence-corrected chi connectivity index (χ0v) is 14.2. The molecule has 0 heterocycles. The maximum absolute atomic E-state index is 14.5. The lowest BCUT2D eigenvalue weighted by Crippen LogP contribution is -2.12.